The summed E-state index contributed by atoms with van der Waals surface area (Å²) in [7, 11) is 0. The minimum atomic E-state index is -0.600. The summed E-state index contributed by atoms with van der Waals surface area (Å²) in [6.07, 6.45) is 3.10. The van der Waals surface area contributed by atoms with Crippen LogP contribution in [0.1, 0.15) is 51.6 Å². The number of carbonyl (C=O) groups is 1. The topological polar surface area (TPSA) is 111 Å². The van der Waals surface area contributed by atoms with Crippen LogP contribution in [0.5, 0.6) is 0 Å². The highest BCUT2D eigenvalue weighted by atomic mass is 16.7. The number of carbonyl (C=O) groups excluding carboxylic acids is 1. The minimum absolute atomic E-state index is 0.00658. The molecule has 8 rings (SSSR count). The molecule has 0 radical (unpaired) electrons. The molecule has 2 N–H and O–H groups in total. The van der Waals surface area contributed by atoms with Crippen LogP contribution in [0.4, 0.5) is 0 Å². The van der Waals surface area contributed by atoms with Crippen LogP contribution < -0.4 is 5.32 Å². The molecule has 1 aliphatic heterocycles. The first-order chi connectivity index (χ1) is 24.6. The molecule has 2 aromatic heterocycles. The second-order valence-corrected chi connectivity index (χ2v) is 12.5. The van der Waals surface area contributed by atoms with Crippen LogP contribution in [0, 0.1) is 0 Å². The summed E-state index contributed by atoms with van der Waals surface area (Å²) in [4.78, 5) is 26.3. The van der Waals surface area contributed by atoms with E-state index in [1.807, 2.05) is 97.3 Å². The molecule has 0 unspecified atom stereocenters. The highest BCUT2D eigenvalue weighted by Crippen LogP contribution is 2.39. The fourth-order valence-corrected chi connectivity index (χ4v) is 6.47. The molecular weight excluding hydrogens is 626 g/mol. The normalized spacial score (nSPS) is 17.6. The maximum absolute atomic E-state index is 12.9. The number of aliphatic hydroxyl groups excluding tert-OH is 1. The van der Waals surface area contributed by atoms with Crippen molar-refractivity contribution in [2.24, 2.45) is 0 Å². The number of hydrogen-bond donors (Lipinski definition) is 2. The Bertz CT molecular complexity index is 2290. The van der Waals surface area contributed by atoms with E-state index in [0.717, 1.165) is 49.9 Å². The van der Waals surface area contributed by atoms with Crippen molar-refractivity contribution in [3.8, 4) is 11.1 Å². The van der Waals surface area contributed by atoms with Crippen LogP contribution >= 0.6 is 0 Å². The monoisotopic (exact) mass is 661 g/mol. The van der Waals surface area contributed by atoms with Crippen molar-refractivity contribution in [1.29, 1.82) is 0 Å². The number of aliphatic hydroxyl groups is 1. The van der Waals surface area contributed by atoms with Gasteiger partial charge in [0.2, 0.25) is 0 Å². The van der Waals surface area contributed by atoms with E-state index in [4.69, 9.17) is 9.47 Å². The number of para-hydroxylation sites is 4. The summed E-state index contributed by atoms with van der Waals surface area (Å²) in [5.41, 5.74) is 9.50. The molecule has 0 aliphatic carbocycles. The number of aromatic nitrogens is 4. The Kier molecular flexibility index (Phi) is 8.83. The highest BCUT2D eigenvalue weighted by molar-refractivity contribution is 5.93. The molecule has 0 spiro atoms. The Morgan fingerprint density at radius 1 is 0.760 bits per heavy atom. The standard InChI is InChI=1S/C41H35N5O4/c47-25-27-15-17-29(18-16-27)39-21-33(24-46-26-44-36-13-3-4-14-38(36)46)49-41(50-39)32-10-6-9-31(20-32)30-8-5-7-28(19-30)22-43-40(48)37-23-42-34-11-1-2-12-35(34)45-37/h1-20,23,26,33,39,41,47H,21-22,24-25H2,(H,43,48)/t33-,39+,41+/m1/s1. The van der Waals surface area contributed by atoms with Gasteiger partial charge in [-0.05, 0) is 64.2 Å². The van der Waals surface area contributed by atoms with E-state index in [1.165, 1.54) is 6.20 Å². The summed E-state index contributed by atoms with van der Waals surface area (Å²) < 4.78 is 15.5. The average Bonchev–Trinajstić information content (AvgIpc) is 3.59. The van der Waals surface area contributed by atoms with Crippen LogP contribution in [0.2, 0.25) is 0 Å². The molecule has 1 saturated heterocycles. The lowest BCUT2D eigenvalue weighted by Gasteiger charge is -2.36. The van der Waals surface area contributed by atoms with Gasteiger partial charge in [-0.2, -0.15) is 0 Å². The van der Waals surface area contributed by atoms with Gasteiger partial charge >= 0.3 is 0 Å². The molecule has 1 fully saturated rings. The summed E-state index contributed by atoms with van der Waals surface area (Å²) >= 11 is 0. The molecular formula is C41H35N5O4. The predicted octanol–water partition coefficient (Wildman–Crippen LogP) is 7.31. The van der Waals surface area contributed by atoms with E-state index < -0.39 is 6.29 Å². The molecule has 9 heteroatoms. The van der Waals surface area contributed by atoms with E-state index >= 15 is 0 Å². The minimum Gasteiger partial charge on any atom is -0.392 e. The number of nitrogens with one attached hydrogen (secondary N) is 1. The first-order valence-electron chi connectivity index (χ1n) is 16.7. The number of fused-ring (bicyclic) bond motifs is 2. The van der Waals surface area contributed by atoms with Gasteiger partial charge in [-0.1, -0.05) is 84.9 Å². The van der Waals surface area contributed by atoms with Gasteiger partial charge in [0.15, 0.2) is 6.29 Å². The van der Waals surface area contributed by atoms with E-state index in [2.05, 4.69) is 55.2 Å². The first kappa shape index (κ1) is 31.5. The zero-order valence-corrected chi connectivity index (χ0v) is 27.2. The Balaban J connectivity index is 1.02. The van der Waals surface area contributed by atoms with E-state index in [9.17, 15) is 9.90 Å². The summed E-state index contributed by atoms with van der Waals surface area (Å²) in [6, 6.07) is 39.8. The number of ether oxygens (including phenoxy) is 2. The summed E-state index contributed by atoms with van der Waals surface area (Å²) in [6.45, 7) is 0.967. The van der Waals surface area contributed by atoms with Crippen molar-refractivity contribution < 1.29 is 19.4 Å². The van der Waals surface area contributed by atoms with Crippen molar-refractivity contribution in [3.05, 3.63) is 162 Å². The molecule has 7 aromatic rings. The summed E-state index contributed by atoms with van der Waals surface area (Å²) in [5, 5.41) is 12.6. The maximum atomic E-state index is 12.9. The van der Waals surface area contributed by atoms with Gasteiger partial charge in [-0.25, -0.2) is 9.97 Å². The van der Waals surface area contributed by atoms with E-state index in [1.54, 1.807) is 0 Å². The van der Waals surface area contributed by atoms with Gasteiger partial charge < -0.3 is 24.5 Å². The zero-order chi connectivity index (χ0) is 33.9. The van der Waals surface area contributed by atoms with Crippen LogP contribution in [0.15, 0.2) is 134 Å². The lowest BCUT2D eigenvalue weighted by Crippen LogP contribution is -2.32. The lowest BCUT2D eigenvalue weighted by atomic mass is 9.98. The Hall–Kier alpha value is -5.74. The van der Waals surface area contributed by atoms with Gasteiger partial charge in [0.05, 0.1) is 60.0 Å². The Labute approximate surface area is 289 Å². The molecule has 1 aliphatic rings. The fourth-order valence-electron chi connectivity index (χ4n) is 6.47. The Morgan fingerprint density at radius 3 is 2.36 bits per heavy atom. The molecule has 5 aromatic carbocycles. The molecule has 3 atom stereocenters. The van der Waals surface area contributed by atoms with Crippen molar-refractivity contribution >= 4 is 28.0 Å². The number of hydrogen-bond acceptors (Lipinski definition) is 7. The van der Waals surface area contributed by atoms with E-state index in [-0.39, 0.29) is 30.4 Å². The fraction of sp³-hybridized carbons (Fsp3) is 0.171. The number of imidazole rings is 1. The largest absolute Gasteiger partial charge is 0.392 e. The highest BCUT2D eigenvalue weighted by Gasteiger charge is 2.33. The third-order valence-electron chi connectivity index (χ3n) is 9.10. The number of amides is 1. The van der Waals surface area contributed by atoms with Crippen molar-refractivity contribution in [3.63, 3.8) is 0 Å². The van der Waals surface area contributed by atoms with Gasteiger partial charge in [-0.15, -0.1) is 0 Å². The predicted molar refractivity (Wildman–Crippen MR) is 191 cm³/mol. The van der Waals surface area contributed by atoms with Crippen LogP contribution in [0.25, 0.3) is 33.2 Å². The number of benzene rings is 5. The van der Waals surface area contributed by atoms with E-state index in [0.29, 0.717) is 25.0 Å². The quantitative estimate of drug-likeness (QED) is 0.167. The zero-order valence-electron chi connectivity index (χ0n) is 27.2. The van der Waals surface area contributed by atoms with Gasteiger partial charge in [0.25, 0.3) is 5.91 Å². The third-order valence-corrected chi connectivity index (χ3v) is 9.10. The first-order valence-corrected chi connectivity index (χ1v) is 16.7. The van der Waals surface area contributed by atoms with Crippen LogP contribution in [-0.2, 0) is 29.2 Å². The smallest absolute Gasteiger partial charge is 0.271 e. The molecule has 9 nitrogen and oxygen atoms in total. The second kappa shape index (κ2) is 14.0. The molecule has 0 saturated carbocycles. The lowest BCUT2D eigenvalue weighted by molar-refractivity contribution is -0.252. The average molecular weight is 662 g/mol. The molecule has 3 heterocycles. The molecule has 50 heavy (non-hydrogen) atoms. The Morgan fingerprint density at radius 2 is 1.52 bits per heavy atom. The second-order valence-electron chi connectivity index (χ2n) is 12.5. The third kappa shape index (κ3) is 6.75. The van der Waals surface area contributed by atoms with Crippen LogP contribution in [0.3, 0.4) is 0 Å². The number of rotatable bonds is 9. The molecule has 248 valence electrons. The van der Waals surface area contributed by atoms with Crippen molar-refractivity contribution in [2.45, 2.75) is 44.6 Å². The van der Waals surface area contributed by atoms with Gasteiger partial charge in [0.1, 0.15) is 5.69 Å². The van der Waals surface area contributed by atoms with Crippen LogP contribution in [-0.4, -0.2) is 36.6 Å². The van der Waals surface area contributed by atoms with Crippen molar-refractivity contribution in [1.82, 2.24) is 24.8 Å². The van der Waals surface area contributed by atoms with Crippen molar-refractivity contribution in [2.75, 3.05) is 0 Å². The van der Waals surface area contributed by atoms with Gasteiger partial charge in [0, 0.05) is 18.5 Å². The molecule has 1 amide bonds. The summed E-state index contributed by atoms with van der Waals surface area (Å²) in [5.74, 6) is -0.277. The maximum Gasteiger partial charge on any atom is 0.271 e. The SMILES string of the molecule is O=C(NCc1cccc(-c2cccc([C@H]3O[C@@H](Cn4cnc5ccccc54)C[C@@H](c4ccc(CO)cc4)O3)c2)c1)c1cnc2ccccc2n1. The molecule has 0 bridgehead atoms. The van der Waals surface area contributed by atoms with Gasteiger partial charge in [-0.3, -0.25) is 9.78 Å². The number of nitrogens with zero attached hydrogens (tertiary/aromatic N) is 4.